The molecule has 1 aliphatic rings. The number of aromatic nitrogens is 2. The first-order chi connectivity index (χ1) is 13.3. The largest absolute Gasteiger partial charge is 0.481 e. The molecule has 2 aromatic rings. The number of aryl methyl sites for hydroxylation is 1. The molecule has 10 nitrogen and oxygen atoms in total. The number of methoxy groups -OCH3 is 1. The summed E-state index contributed by atoms with van der Waals surface area (Å²) < 4.78 is 32.4. The van der Waals surface area contributed by atoms with E-state index in [4.69, 9.17) is 4.74 Å². The molecule has 1 unspecified atom stereocenters. The van der Waals surface area contributed by atoms with Crippen LogP contribution in [0.15, 0.2) is 35.2 Å². The van der Waals surface area contributed by atoms with Gasteiger partial charge in [-0.1, -0.05) is 18.2 Å². The second-order valence-electron chi connectivity index (χ2n) is 6.11. The monoisotopic (exact) mass is 405 g/mol. The Kier molecular flexibility index (Phi) is 5.45. The zero-order chi connectivity index (χ0) is 20.3. The molecular formula is C17H19N5O5S. The summed E-state index contributed by atoms with van der Waals surface area (Å²) in [5.74, 6) is -0.705. The molecule has 3 N–H and O–H groups in total. The van der Waals surface area contributed by atoms with Crippen LogP contribution in [-0.4, -0.2) is 44.0 Å². The summed E-state index contributed by atoms with van der Waals surface area (Å²) in [4.78, 5) is 32.0. The molecule has 3 amide bonds. The van der Waals surface area contributed by atoms with Crippen molar-refractivity contribution in [1.29, 1.82) is 0 Å². The lowest BCUT2D eigenvalue weighted by atomic mass is 9.98. The number of carbonyl (C=O) groups is 2. The summed E-state index contributed by atoms with van der Waals surface area (Å²) in [5.41, 5.74) is 0.869. The van der Waals surface area contributed by atoms with Gasteiger partial charge in [-0.3, -0.25) is 10.1 Å². The van der Waals surface area contributed by atoms with E-state index in [1.54, 1.807) is 25.1 Å². The van der Waals surface area contributed by atoms with Crippen molar-refractivity contribution >= 4 is 27.9 Å². The third kappa shape index (κ3) is 4.19. The SMILES string of the molecule is COc1cc(C)nc(NC(=O)NS(=O)(=O)c2ccccc2C2CCNC2=O)n1. The zero-order valence-corrected chi connectivity index (χ0v) is 16.0. The highest BCUT2D eigenvalue weighted by Crippen LogP contribution is 2.29. The lowest BCUT2D eigenvalue weighted by molar-refractivity contribution is -0.120. The van der Waals surface area contributed by atoms with Gasteiger partial charge in [-0.2, -0.15) is 4.98 Å². The topological polar surface area (TPSA) is 139 Å². The second-order valence-corrected chi connectivity index (χ2v) is 7.76. The van der Waals surface area contributed by atoms with Gasteiger partial charge in [-0.05, 0) is 25.0 Å². The van der Waals surface area contributed by atoms with Crippen LogP contribution >= 0.6 is 0 Å². The van der Waals surface area contributed by atoms with E-state index in [0.717, 1.165) is 0 Å². The van der Waals surface area contributed by atoms with Crippen molar-refractivity contribution in [1.82, 2.24) is 20.0 Å². The number of hydrogen-bond donors (Lipinski definition) is 3. The minimum absolute atomic E-state index is 0.104. The van der Waals surface area contributed by atoms with E-state index < -0.39 is 22.0 Å². The van der Waals surface area contributed by atoms with Gasteiger partial charge < -0.3 is 10.1 Å². The first-order valence-corrected chi connectivity index (χ1v) is 9.88. The highest BCUT2D eigenvalue weighted by Gasteiger charge is 2.31. The first-order valence-electron chi connectivity index (χ1n) is 8.40. The molecule has 1 aromatic carbocycles. The predicted molar refractivity (Wildman–Crippen MR) is 99.5 cm³/mol. The van der Waals surface area contributed by atoms with Crippen LogP contribution in [0.4, 0.5) is 10.7 Å². The van der Waals surface area contributed by atoms with Gasteiger partial charge in [-0.25, -0.2) is 22.9 Å². The summed E-state index contributed by atoms with van der Waals surface area (Å²) >= 11 is 0. The number of rotatable bonds is 5. The van der Waals surface area contributed by atoms with E-state index in [1.807, 2.05) is 4.72 Å². The van der Waals surface area contributed by atoms with Gasteiger partial charge in [0.05, 0.1) is 17.9 Å². The number of ether oxygens (including phenoxy) is 1. The summed E-state index contributed by atoms with van der Waals surface area (Å²) in [6, 6.07) is 6.62. The van der Waals surface area contributed by atoms with Crippen molar-refractivity contribution in [3.8, 4) is 5.88 Å². The smallest absolute Gasteiger partial charge is 0.335 e. The first kappa shape index (κ1) is 19.5. The van der Waals surface area contributed by atoms with Gasteiger partial charge in [0.2, 0.25) is 17.7 Å². The van der Waals surface area contributed by atoms with Crippen molar-refractivity contribution in [2.75, 3.05) is 19.0 Å². The van der Waals surface area contributed by atoms with Crippen LogP contribution in [-0.2, 0) is 14.8 Å². The van der Waals surface area contributed by atoms with Crippen LogP contribution in [0.1, 0.15) is 23.6 Å². The number of benzene rings is 1. The molecular weight excluding hydrogens is 386 g/mol. The van der Waals surface area contributed by atoms with Crippen LogP contribution in [0.5, 0.6) is 5.88 Å². The molecule has 0 spiro atoms. The predicted octanol–water partition coefficient (Wildman–Crippen LogP) is 0.908. The van der Waals surface area contributed by atoms with E-state index in [9.17, 15) is 18.0 Å². The number of nitrogens with zero attached hydrogens (tertiary/aromatic N) is 2. The molecule has 1 atom stereocenters. The number of carbonyl (C=O) groups excluding carboxylic acids is 2. The van der Waals surface area contributed by atoms with Gasteiger partial charge in [0, 0.05) is 18.3 Å². The van der Waals surface area contributed by atoms with E-state index in [-0.39, 0.29) is 22.6 Å². The summed E-state index contributed by atoms with van der Waals surface area (Å²) in [5, 5.41) is 4.94. The number of urea groups is 1. The Morgan fingerprint density at radius 3 is 2.71 bits per heavy atom. The zero-order valence-electron chi connectivity index (χ0n) is 15.2. The molecule has 1 aliphatic heterocycles. The molecule has 1 aromatic heterocycles. The number of sulfonamides is 1. The lowest BCUT2D eigenvalue weighted by Crippen LogP contribution is -2.35. The van der Waals surface area contributed by atoms with Crippen LogP contribution in [0.2, 0.25) is 0 Å². The van der Waals surface area contributed by atoms with Crippen molar-refractivity contribution in [2.24, 2.45) is 0 Å². The third-order valence-corrected chi connectivity index (χ3v) is 5.53. The highest BCUT2D eigenvalue weighted by atomic mass is 32.2. The van der Waals surface area contributed by atoms with Crippen LogP contribution in [0, 0.1) is 6.92 Å². The molecule has 0 saturated carbocycles. The Balaban J connectivity index is 1.82. The van der Waals surface area contributed by atoms with Crippen LogP contribution in [0.25, 0.3) is 0 Å². The fourth-order valence-electron chi connectivity index (χ4n) is 2.91. The molecule has 1 saturated heterocycles. The lowest BCUT2D eigenvalue weighted by Gasteiger charge is -2.14. The van der Waals surface area contributed by atoms with Crippen molar-refractivity contribution < 1.29 is 22.7 Å². The fraction of sp³-hybridized carbons (Fsp3) is 0.294. The fourth-order valence-corrected chi connectivity index (χ4v) is 4.09. The van der Waals surface area contributed by atoms with E-state index in [2.05, 4.69) is 20.6 Å². The second kappa shape index (κ2) is 7.80. The van der Waals surface area contributed by atoms with Crippen LogP contribution in [0.3, 0.4) is 0 Å². The number of nitrogens with one attached hydrogen (secondary N) is 3. The average Bonchev–Trinajstić information content (AvgIpc) is 3.06. The van der Waals surface area contributed by atoms with Crippen molar-refractivity contribution in [2.45, 2.75) is 24.2 Å². The molecule has 0 aliphatic carbocycles. The quantitative estimate of drug-likeness (QED) is 0.672. The number of hydrogen-bond acceptors (Lipinski definition) is 7. The number of anilines is 1. The summed E-state index contributed by atoms with van der Waals surface area (Å²) in [6.45, 7) is 2.14. The van der Waals surface area contributed by atoms with Gasteiger partial charge >= 0.3 is 6.03 Å². The highest BCUT2D eigenvalue weighted by molar-refractivity contribution is 7.90. The molecule has 28 heavy (non-hydrogen) atoms. The Bertz CT molecular complexity index is 1020. The van der Waals surface area contributed by atoms with Crippen molar-refractivity contribution in [3.05, 3.63) is 41.6 Å². The Morgan fingerprint density at radius 1 is 1.29 bits per heavy atom. The normalized spacial score (nSPS) is 16.4. The minimum Gasteiger partial charge on any atom is -0.481 e. The maximum atomic E-state index is 12.7. The van der Waals surface area contributed by atoms with Crippen LogP contribution < -0.4 is 20.1 Å². The Hall–Kier alpha value is -3.21. The Morgan fingerprint density at radius 2 is 2.04 bits per heavy atom. The maximum absolute atomic E-state index is 12.7. The molecule has 148 valence electrons. The molecule has 3 rings (SSSR count). The van der Waals surface area contributed by atoms with Gasteiger partial charge in [0.1, 0.15) is 0 Å². The summed E-state index contributed by atoms with van der Waals surface area (Å²) in [7, 11) is -2.82. The average molecular weight is 405 g/mol. The molecule has 2 heterocycles. The standard InChI is InChI=1S/C17H19N5O5S/c1-10-9-14(27-2)20-16(19-10)21-17(24)22-28(25,26)13-6-4-3-5-11(13)12-7-8-18-15(12)23/h3-6,9,12H,7-8H2,1-2H3,(H,18,23)(H2,19,20,21,22,24). The van der Waals surface area contributed by atoms with Crippen molar-refractivity contribution in [3.63, 3.8) is 0 Å². The Labute approximate surface area is 161 Å². The van der Waals surface area contributed by atoms with Gasteiger partial charge in [0.25, 0.3) is 10.0 Å². The van der Waals surface area contributed by atoms with E-state index in [1.165, 1.54) is 19.2 Å². The molecule has 11 heteroatoms. The molecule has 0 radical (unpaired) electrons. The van der Waals surface area contributed by atoms with E-state index in [0.29, 0.717) is 24.2 Å². The summed E-state index contributed by atoms with van der Waals surface area (Å²) in [6.07, 6.45) is 0.481. The van der Waals surface area contributed by atoms with Gasteiger partial charge in [-0.15, -0.1) is 0 Å². The maximum Gasteiger partial charge on any atom is 0.335 e. The molecule has 1 fully saturated rings. The number of amides is 3. The molecule has 0 bridgehead atoms. The van der Waals surface area contributed by atoms with E-state index >= 15 is 0 Å². The minimum atomic E-state index is -4.23. The third-order valence-electron chi connectivity index (χ3n) is 4.12. The van der Waals surface area contributed by atoms with Gasteiger partial charge in [0.15, 0.2) is 0 Å².